The molecule has 0 saturated carbocycles. The van der Waals surface area contributed by atoms with Crippen LogP contribution < -0.4 is 0 Å². The summed E-state index contributed by atoms with van der Waals surface area (Å²) in [6.45, 7) is 0.903. The van der Waals surface area contributed by atoms with Gasteiger partial charge in [-0.05, 0) is 41.7 Å². The summed E-state index contributed by atoms with van der Waals surface area (Å²) in [5.41, 5.74) is 2.43. The molecule has 2 aromatic carbocycles. The van der Waals surface area contributed by atoms with Crippen LogP contribution in [0.4, 0.5) is 4.39 Å². The Hall–Kier alpha value is -2.69. The van der Waals surface area contributed by atoms with Crippen molar-refractivity contribution in [3.05, 3.63) is 70.5 Å². The van der Waals surface area contributed by atoms with Crippen molar-refractivity contribution in [2.45, 2.75) is 25.8 Å². The summed E-state index contributed by atoms with van der Waals surface area (Å²) < 4.78 is 13.7. The lowest BCUT2D eigenvalue weighted by atomic mass is 9.98. The number of nitrogens with zero attached hydrogens (tertiary/aromatic N) is 1. The smallest absolute Gasteiger partial charge is 0.335 e. The van der Waals surface area contributed by atoms with Gasteiger partial charge in [-0.15, -0.1) is 0 Å². The van der Waals surface area contributed by atoms with Crippen LogP contribution >= 0.6 is 0 Å². The zero-order valence-electron chi connectivity index (χ0n) is 13.2. The SMILES string of the molecule is O=C(O)c1ccccc1CCC(=O)N1CCc2c(F)cccc2C1. The molecule has 0 aliphatic carbocycles. The summed E-state index contributed by atoms with van der Waals surface area (Å²) in [5, 5.41) is 9.18. The van der Waals surface area contributed by atoms with E-state index in [-0.39, 0.29) is 23.7 Å². The van der Waals surface area contributed by atoms with E-state index in [1.165, 1.54) is 6.07 Å². The molecule has 5 heteroatoms. The largest absolute Gasteiger partial charge is 0.478 e. The Morgan fingerprint density at radius 3 is 2.71 bits per heavy atom. The fourth-order valence-corrected chi connectivity index (χ4v) is 3.12. The van der Waals surface area contributed by atoms with Crippen LogP contribution in [0.25, 0.3) is 0 Å². The van der Waals surface area contributed by atoms with Crippen molar-refractivity contribution in [1.29, 1.82) is 0 Å². The van der Waals surface area contributed by atoms with E-state index in [1.807, 2.05) is 6.07 Å². The highest BCUT2D eigenvalue weighted by molar-refractivity contribution is 5.89. The van der Waals surface area contributed by atoms with Gasteiger partial charge in [0.05, 0.1) is 5.56 Å². The molecular weight excluding hydrogens is 309 g/mol. The minimum Gasteiger partial charge on any atom is -0.478 e. The number of carbonyl (C=O) groups excluding carboxylic acids is 1. The Morgan fingerprint density at radius 2 is 1.92 bits per heavy atom. The third kappa shape index (κ3) is 3.30. The first-order valence-corrected chi connectivity index (χ1v) is 7.91. The van der Waals surface area contributed by atoms with Gasteiger partial charge >= 0.3 is 5.97 Å². The molecule has 0 spiro atoms. The second-order valence-electron chi connectivity index (χ2n) is 5.91. The summed E-state index contributed by atoms with van der Waals surface area (Å²) >= 11 is 0. The number of halogens is 1. The van der Waals surface area contributed by atoms with Crippen LogP contribution in [0.3, 0.4) is 0 Å². The number of rotatable bonds is 4. The summed E-state index contributed by atoms with van der Waals surface area (Å²) in [5.74, 6) is -1.24. The minimum atomic E-state index is -0.986. The zero-order valence-corrected chi connectivity index (χ0v) is 13.2. The molecule has 0 aromatic heterocycles. The molecule has 0 bridgehead atoms. The predicted octanol–water partition coefficient (Wildman–Crippen LogP) is 3.04. The molecule has 2 aromatic rings. The highest BCUT2D eigenvalue weighted by Crippen LogP contribution is 2.22. The molecule has 0 radical (unpaired) electrons. The molecule has 1 heterocycles. The van der Waals surface area contributed by atoms with Crippen LogP contribution in [-0.2, 0) is 24.2 Å². The first-order chi connectivity index (χ1) is 11.6. The summed E-state index contributed by atoms with van der Waals surface area (Å²) in [6, 6.07) is 11.7. The number of amides is 1. The molecule has 3 rings (SSSR count). The molecule has 0 fully saturated rings. The van der Waals surface area contributed by atoms with Crippen LogP contribution in [0, 0.1) is 5.82 Å². The van der Waals surface area contributed by atoms with Gasteiger partial charge in [-0.1, -0.05) is 30.3 Å². The van der Waals surface area contributed by atoms with Crippen molar-refractivity contribution < 1.29 is 19.1 Å². The average molecular weight is 327 g/mol. The van der Waals surface area contributed by atoms with Crippen LogP contribution in [0.2, 0.25) is 0 Å². The molecule has 0 atom stereocenters. The maximum Gasteiger partial charge on any atom is 0.335 e. The van der Waals surface area contributed by atoms with Crippen molar-refractivity contribution in [3.8, 4) is 0 Å². The highest BCUT2D eigenvalue weighted by atomic mass is 19.1. The Balaban J connectivity index is 1.66. The van der Waals surface area contributed by atoms with Crippen LogP contribution in [0.15, 0.2) is 42.5 Å². The molecule has 1 aliphatic rings. The number of benzene rings is 2. The fourth-order valence-electron chi connectivity index (χ4n) is 3.12. The van der Waals surface area contributed by atoms with Gasteiger partial charge in [-0.3, -0.25) is 4.79 Å². The van der Waals surface area contributed by atoms with Gasteiger partial charge in [-0.2, -0.15) is 0 Å². The number of fused-ring (bicyclic) bond motifs is 1. The van der Waals surface area contributed by atoms with Gasteiger partial charge in [-0.25, -0.2) is 9.18 Å². The standard InChI is InChI=1S/C19H18FNO3/c20-17-7-3-5-14-12-21(11-10-15(14)17)18(22)9-8-13-4-1-2-6-16(13)19(23)24/h1-7H,8-12H2,(H,23,24). The predicted molar refractivity (Wildman–Crippen MR) is 87.2 cm³/mol. The lowest BCUT2D eigenvalue weighted by Gasteiger charge is -2.29. The van der Waals surface area contributed by atoms with E-state index >= 15 is 0 Å². The number of hydrogen-bond donors (Lipinski definition) is 1. The maximum absolute atomic E-state index is 13.7. The fraction of sp³-hybridized carbons (Fsp3) is 0.263. The number of carboxylic acids is 1. The van der Waals surface area contributed by atoms with Gasteiger partial charge in [0.25, 0.3) is 0 Å². The maximum atomic E-state index is 13.7. The summed E-state index contributed by atoms with van der Waals surface area (Å²) in [6.07, 6.45) is 1.14. The Kier molecular flexibility index (Phi) is 4.60. The van der Waals surface area contributed by atoms with Gasteiger partial charge < -0.3 is 10.0 Å². The number of aromatic carboxylic acids is 1. The third-order valence-corrected chi connectivity index (χ3v) is 4.42. The Morgan fingerprint density at radius 1 is 1.12 bits per heavy atom. The van der Waals surface area contributed by atoms with E-state index in [9.17, 15) is 19.1 Å². The molecule has 1 N–H and O–H groups in total. The lowest BCUT2D eigenvalue weighted by Crippen LogP contribution is -2.36. The number of hydrogen-bond acceptors (Lipinski definition) is 2. The van der Waals surface area contributed by atoms with Gasteiger partial charge in [0.1, 0.15) is 5.82 Å². The Bertz CT molecular complexity index is 788. The normalized spacial score (nSPS) is 13.5. The zero-order chi connectivity index (χ0) is 17.1. The second kappa shape index (κ2) is 6.83. The molecular formula is C19H18FNO3. The van der Waals surface area contributed by atoms with Gasteiger partial charge in [0, 0.05) is 19.5 Å². The van der Waals surface area contributed by atoms with E-state index in [0.29, 0.717) is 37.1 Å². The van der Waals surface area contributed by atoms with E-state index in [4.69, 9.17) is 0 Å². The van der Waals surface area contributed by atoms with Crippen molar-refractivity contribution in [2.24, 2.45) is 0 Å². The quantitative estimate of drug-likeness (QED) is 0.939. The monoisotopic (exact) mass is 327 g/mol. The summed E-state index contributed by atoms with van der Waals surface area (Å²) in [4.78, 5) is 25.4. The molecule has 0 unspecified atom stereocenters. The first kappa shape index (κ1) is 16.2. The van der Waals surface area contributed by atoms with Crippen molar-refractivity contribution >= 4 is 11.9 Å². The topological polar surface area (TPSA) is 57.6 Å². The van der Waals surface area contributed by atoms with Crippen LogP contribution in [0.5, 0.6) is 0 Å². The number of aryl methyl sites for hydroxylation is 1. The van der Waals surface area contributed by atoms with Crippen LogP contribution in [0.1, 0.15) is 33.5 Å². The van der Waals surface area contributed by atoms with E-state index in [1.54, 1.807) is 35.2 Å². The molecule has 24 heavy (non-hydrogen) atoms. The lowest BCUT2D eigenvalue weighted by molar-refractivity contribution is -0.132. The molecule has 4 nitrogen and oxygen atoms in total. The average Bonchev–Trinajstić information content (AvgIpc) is 2.59. The Labute approximate surface area is 139 Å². The first-order valence-electron chi connectivity index (χ1n) is 7.91. The van der Waals surface area contributed by atoms with E-state index in [0.717, 1.165) is 5.56 Å². The van der Waals surface area contributed by atoms with E-state index in [2.05, 4.69) is 0 Å². The van der Waals surface area contributed by atoms with Crippen molar-refractivity contribution in [3.63, 3.8) is 0 Å². The number of carboxylic acid groups (broad SMARTS) is 1. The third-order valence-electron chi connectivity index (χ3n) is 4.42. The molecule has 1 aliphatic heterocycles. The number of carbonyl (C=O) groups is 2. The minimum absolute atomic E-state index is 0.0369. The second-order valence-corrected chi connectivity index (χ2v) is 5.91. The van der Waals surface area contributed by atoms with Crippen molar-refractivity contribution in [2.75, 3.05) is 6.54 Å². The molecule has 1 amide bonds. The molecule has 0 saturated heterocycles. The van der Waals surface area contributed by atoms with Crippen molar-refractivity contribution in [1.82, 2.24) is 4.90 Å². The van der Waals surface area contributed by atoms with E-state index < -0.39 is 5.97 Å². The van der Waals surface area contributed by atoms with Gasteiger partial charge in [0.2, 0.25) is 5.91 Å². The highest BCUT2D eigenvalue weighted by Gasteiger charge is 2.22. The van der Waals surface area contributed by atoms with Crippen LogP contribution in [-0.4, -0.2) is 28.4 Å². The summed E-state index contributed by atoms with van der Waals surface area (Å²) in [7, 11) is 0. The van der Waals surface area contributed by atoms with Gasteiger partial charge in [0.15, 0.2) is 0 Å². The molecule has 124 valence electrons.